The summed E-state index contributed by atoms with van der Waals surface area (Å²) in [5, 5.41) is 8.29. The van der Waals surface area contributed by atoms with Crippen LogP contribution in [0.2, 0.25) is 0 Å². The first-order chi connectivity index (χ1) is 11.7. The van der Waals surface area contributed by atoms with Crippen molar-refractivity contribution in [2.75, 3.05) is 57.9 Å². The second-order valence-corrected chi connectivity index (χ2v) is 6.08. The molecule has 1 aromatic rings. The molecule has 2 aliphatic rings. The summed E-state index contributed by atoms with van der Waals surface area (Å²) in [4.78, 5) is 29.9. The Bertz CT molecular complexity index is 578. The van der Waals surface area contributed by atoms with Crippen LogP contribution in [0.25, 0.3) is 0 Å². The van der Waals surface area contributed by atoms with Crippen LogP contribution >= 0.6 is 0 Å². The zero-order valence-corrected chi connectivity index (χ0v) is 14.0. The van der Waals surface area contributed by atoms with Gasteiger partial charge < -0.3 is 19.4 Å². The number of hydrogen-bond donors (Lipinski definition) is 0. The fourth-order valence-electron chi connectivity index (χ4n) is 3.09. The fraction of sp³-hybridized carbons (Fsp3) is 0.625. The van der Waals surface area contributed by atoms with Crippen LogP contribution in [-0.4, -0.2) is 84.8 Å². The Hall–Kier alpha value is -2.22. The van der Waals surface area contributed by atoms with Crippen LogP contribution in [0.5, 0.6) is 0 Å². The average molecular weight is 333 g/mol. The second-order valence-electron chi connectivity index (χ2n) is 6.08. The van der Waals surface area contributed by atoms with E-state index in [2.05, 4.69) is 15.1 Å². The van der Waals surface area contributed by atoms with Gasteiger partial charge in [-0.2, -0.15) is 0 Å². The van der Waals surface area contributed by atoms with Gasteiger partial charge in [-0.25, -0.2) is 0 Å². The van der Waals surface area contributed by atoms with Crippen molar-refractivity contribution in [1.82, 2.24) is 20.0 Å². The molecule has 0 saturated carbocycles. The first-order valence-corrected chi connectivity index (χ1v) is 8.33. The number of methoxy groups -OCH3 is 1. The molecule has 0 spiro atoms. The number of rotatable bonds is 4. The van der Waals surface area contributed by atoms with E-state index in [0.717, 1.165) is 18.9 Å². The average Bonchev–Trinajstić information content (AvgIpc) is 3.16. The van der Waals surface area contributed by atoms with E-state index in [4.69, 9.17) is 4.74 Å². The molecule has 0 aromatic carbocycles. The van der Waals surface area contributed by atoms with Gasteiger partial charge in [-0.15, -0.1) is 10.2 Å². The molecule has 1 aromatic heterocycles. The molecular weight excluding hydrogens is 310 g/mol. The molecule has 130 valence electrons. The van der Waals surface area contributed by atoms with Crippen molar-refractivity contribution in [3.8, 4) is 0 Å². The van der Waals surface area contributed by atoms with Crippen LogP contribution in [0.4, 0.5) is 5.82 Å². The van der Waals surface area contributed by atoms with Crippen molar-refractivity contribution in [2.24, 2.45) is 0 Å². The van der Waals surface area contributed by atoms with Gasteiger partial charge in [0, 0.05) is 46.4 Å². The predicted molar refractivity (Wildman–Crippen MR) is 87.8 cm³/mol. The van der Waals surface area contributed by atoms with Gasteiger partial charge in [-0.3, -0.25) is 9.59 Å². The molecule has 8 heteroatoms. The van der Waals surface area contributed by atoms with E-state index >= 15 is 0 Å². The molecule has 0 atom stereocenters. The fourth-order valence-corrected chi connectivity index (χ4v) is 3.09. The zero-order valence-electron chi connectivity index (χ0n) is 14.0. The van der Waals surface area contributed by atoms with Crippen molar-refractivity contribution in [3.63, 3.8) is 0 Å². The number of piperazine rings is 1. The van der Waals surface area contributed by atoms with Crippen LogP contribution in [0.1, 0.15) is 23.3 Å². The summed E-state index contributed by atoms with van der Waals surface area (Å²) < 4.78 is 4.86. The largest absolute Gasteiger partial charge is 0.375 e. The van der Waals surface area contributed by atoms with Crippen molar-refractivity contribution >= 4 is 17.6 Å². The SMILES string of the molecule is COCC(=O)N1CCN(C(=O)c2ccc(N3CCCC3)nn2)CC1. The molecule has 2 amide bonds. The van der Waals surface area contributed by atoms with Crippen LogP contribution in [0.3, 0.4) is 0 Å². The van der Waals surface area contributed by atoms with Crippen LogP contribution in [0.15, 0.2) is 12.1 Å². The van der Waals surface area contributed by atoms with Gasteiger partial charge in [-0.1, -0.05) is 0 Å². The number of ether oxygens (including phenoxy) is 1. The van der Waals surface area contributed by atoms with Crippen molar-refractivity contribution in [1.29, 1.82) is 0 Å². The van der Waals surface area contributed by atoms with E-state index in [9.17, 15) is 9.59 Å². The Morgan fingerprint density at radius 1 is 1.00 bits per heavy atom. The molecule has 2 fully saturated rings. The third-order valence-corrected chi connectivity index (χ3v) is 4.49. The maximum atomic E-state index is 12.5. The smallest absolute Gasteiger partial charge is 0.274 e. The molecule has 3 rings (SSSR count). The number of hydrogen-bond acceptors (Lipinski definition) is 6. The van der Waals surface area contributed by atoms with E-state index in [0.29, 0.717) is 31.9 Å². The summed E-state index contributed by atoms with van der Waals surface area (Å²) in [5.74, 6) is 0.660. The number of carbonyl (C=O) groups is 2. The molecule has 2 saturated heterocycles. The molecule has 3 heterocycles. The van der Waals surface area contributed by atoms with Gasteiger partial charge in [0.1, 0.15) is 6.61 Å². The lowest BCUT2D eigenvalue weighted by Crippen LogP contribution is -2.51. The molecule has 2 aliphatic heterocycles. The minimum Gasteiger partial charge on any atom is -0.375 e. The normalized spacial score (nSPS) is 18.1. The van der Waals surface area contributed by atoms with Gasteiger partial charge in [0.15, 0.2) is 11.5 Å². The highest BCUT2D eigenvalue weighted by Gasteiger charge is 2.25. The van der Waals surface area contributed by atoms with E-state index in [-0.39, 0.29) is 18.4 Å². The Balaban J connectivity index is 1.56. The van der Waals surface area contributed by atoms with E-state index in [1.807, 2.05) is 6.07 Å². The van der Waals surface area contributed by atoms with Gasteiger partial charge in [0.25, 0.3) is 5.91 Å². The Morgan fingerprint density at radius 3 is 2.25 bits per heavy atom. The van der Waals surface area contributed by atoms with E-state index in [1.54, 1.807) is 15.9 Å². The monoisotopic (exact) mass is 333 g/mol. The number of nitrogens with zero attached hydrogens (tertiary/aromatic N) is 5. The van der Waals surface area contributed by atoms with Crippen LogP contribution in [0, 0.1) is 0 Å². The summed E-state index contributed by atoms with van der Waals surface area (Å²) in [6.45, 7) is 4.13. The third kappa shape index (κ3) is 3.64. The van der Waals surface area contributed by atoms with Crippen LogP contribution < -0.4 is 4.90 Å². The van der Waals surface area contributed by atoms with E-state index in [1.165, 1.54) is 20.0 Å². The highest BCUT2D eigenvalue weighted by Crippen LogP contribution is 2.17. The maximum absolute atomic E-state index is 12.5. The van der Waals surface area contributed by atoms with Crippen LogP contribution in [-0.2, 0) is 9.53 Å². The predicted octanol–water partition coefficient (Wildman–Crippen LogP) is 0.00760. The number of amides is 2. The number of anilines is 1. The minimum absolute atomic E-state index is 0.0423. The first-order valence-electron chi connectivity index (χ1n) is 8.33. The van der Waals surface area contributed by atoms with Crippen molar-refractivity contribution < 1.29 is 14.3 Å². The van der Waals surface area contributed by atoms with E-state index < -0.39 is 0 Å². The Morgan fingerprint density at radius 2 is 1.67 bits per heavy atom. The lowest BCUT2D eigenvalue weighted by atomic mass is 10.2. The third-order valence-electron chi connectivity index (χ3n) is 4.49. The summed E-state index contributed by atoms with van der Waals surface area (Å²) in [6.07, 6.45) is 2.35. The topological polar surface area (TPSA) is 78.9 Å². The van der Waals surface area contributed by atoms with Crippen molar-refractivity contribution in [2.45, 2.75) is 12.8 Å². The molecule has 0 bridgehead atoms. The highest BCUT2D eigenvalue weighted by atomic mass is 16.5. The van der Waals surface area contributed by atoms with Crippen molar-refractivity contribution in [3.05, 3.63) is 17.8 Å². The second kappa shape index (κ2) is 7.57. The molecule has 0 unspecified atom stereocenters. The quantitative estimate of drug-likeness (QED) is 0.772. The number of aromatic nitrogens is 2. The first kappa shape index (κ1) is 16.6. The molecule has 0 radical (unpaired) electrons. The highest BCUT2D eigenvalue weighted by molar-refractivity contribution is 5.92. The minimum atomic E-state index is -0.130. The summed E-state index contributed by atoms with van der Waals surface area (Å²) in [5.41, 5.74) is 0.356. The lowest BCUT2D eigenvalue weighted by Gasteiger charge is -2.34. The molecule has 0 aliphatic carbocycles. The lowest BCUT2D eigenvalue weighted by molar-refractivity contribution is -0.136. The molecule has 8 nitrogen and oxygen atoms in total. The molecular formula is C16H23N5O3. The standard InChI is InChI=1S/C16H23N5O3/c1-24-12-15(22)20-8-10-21(11-9-20)16(23)13-4-5-14(18-17-13)19-6-2-3-7-19/h4-5H,2-3,6-12H2,1H3. The van der Waals surface area contributed by atoms with Gasteiger partial charge in [-0.05, 0) is 25.0 Å². The molecule has 0 N–H and O–H groups in total. The maximum Gasteiger partial charge on any atom is 0.274 e. The van der Waals surface area contributed by atoms with Gasteiger partial charge >= 0.3 is 0 Å². The van der Waals surface area contributed by atoms with Gasteiger partial charge in [0.05, 0.1) is 0 Å². The van der Waals surface area contributed by atoms with Gasteiger partial charge in [0.2, 0.25) is 5.91 Å². The molecule has 24 heavy (non-hydrogen) atoms. The Kier molecular flexibility index (Phi) is 5.24. The zero-order chi connectivity index (χ0) is 16.9. The summed E-state index contributed by atoms with van der Waals surface area (Å²) >= 11 is 0. The number of carbonyl (C=O) groups excluding carboxylic acids is 2. The summed E-state index contributed by atoms with van der Waals surface area (Å²) in [7, 11) is 1.50. The summed E-state index contributed by atoms with van der Waals surface area (Å²) in [6, 6.07) is 3.61. The Labute approximate surface area is 141 Å².